The summed E-state index contributed by atoms with van der Waals surface area (Å²) in [5.74, 6) is 0.915. The Kier molecular flexibility index (Phi) is 65.0. The number of phosphoric ester groups is 2. The van der Waals surface area contributed by atoms with E-state index in [-0.39, 0.29) is 25.7 Å². The zero-order chi connectivity index (χ0) is 71.0. The SMILES string of the molecule is CCC(C)CCCCCCCCCCCCCCCCCCCCC(=O)O[C@H](COC(=O)CCCCCCCCC(C)C)COP(=O)(O)OC[C@H](O)COP(=O)(O)OC[C@@H](COC(=O)CCCCCCCCCCCCCC(C)C)OC(=O)CCCCCCCCCCC(C)C. The van der Waals surface area contributed by atoms with Gasteiger partial charge in [-0.2, -0.15) is 0 Å². The normalized spacial score (nSPS) is 14.4. The van der Waals surface area contributed by atoms with Crippen molar-refractivity contribution in [3.63, 3.8) is 0 Å². The molecule has 0 aliphatic heterocycles. The summed E-state index contributed by atoms with van der Waals surface area (Å²) in [5.41, 5.74) is 0. The van der Waals surface area contributed by atoms with Crippen molar-refractivity contribution in [1.29, 1.82) is 0 Å². The van der Waals surface area contributed by atoms with E-state index in [2.05, 4.69) is 55.4 Å². The Hall–Kier alpha value is -1.94. The van der Waals surface area contributed by atoms with Gasteiger partial charge in [0.25, 0.3) is 0 Å². The van der Waals surface area contributed by atoms with Gasteiger partial charge in [-0.3, -0.25) is 37.3 Å². The number of hydrogen-bond acceptors (Lipinski definition) is 15. The fourth-order valence-corrected chi connectivity index (χ4v) is 13.3. The predicted octanol–water partition coefficient (Wildman–Crippen LogP) is 22.4. The van der Waals surface area contributed by atoms with Crippen LogP contribution in [0.25, 0.3) is 0 Å². The minimum Gasteiger partial charge on any atom is -0.462 e. The summed E-state index contributed by atoms with van der Waals surface area (Å²) in [5, 5.41) is 10.6. The topological polar surface area (TPSA) is 237 Å². The van der Waals surface area contributed by atoms with Gasteiger partial charge in [0.2, 0.25) is 0 Å². The highest BCUT2D eigenvalue weighted by atomic mass is 31.2. The standard InChI is InChI=1S/C77H150O17P2/c1-9-70(8)56-48-40-31-24-20-16-14-12-10-11-13-15-17-21-26-33-43-51-59-76(81)93-73(64-88-75(80)58-50-42-36-35-39-47-55-69(6)7)66-92-96(85,86)90-62-71(78)61-89-95(83,84)91-65-72(94-77(82)60-52-44-34-28-27-30-38-46-54-68(4)5)63-87-74(79)57-49-41-32-25-22-18-19-23-29-37-45-53-67(2)3/h67-73,78H,9-66H2,1-8H3,(H,83,84)(H,85,86)/t70?,71-,72-,73-/m1/s1. The molecule has 0 spiro atoms. The van der Waals surface area contributed by atoms with Gasteiger partial charge in [0.15, 0.2) is 12.2 Å². The first-order valence-electron chi connectivity index (χ1n) is 39.7. The van der Waals surface area contributed by atoms with Gasteiger partial charge >= 0.3 is 39.5 Å². The third-order valence-corrected chi connectivity index (χ3v) is 20.1. The van der Waals surface area contributed by atoms with Crippen molar-refractivity contribution < 1.29 is 80.2 Å². The maximum absolute atomic E-state index is 13.1. The zero-order valence-corrected chi connectivity index (χ0v) is 64.8. The molecule has 570 valence electrons. The lowest BCUT2D eigenvalue weighted by Gasteiger charge is -2.21. The van der Waals surface area contributed by atoms with Crippen LogP contribution in [0.5, 0.6) is 0 Å². The number of aliphatic hydroxyl groups is 1. The third-order valence-electron chi connectivity index (χ3n) is 18.2. The van der Waals surface area contributed by atoms with E-state index in [1.807, 2.05) is 0 Å². The molecule has 0 rings (SSSR count). The summed E-state index contributed by atoms with van der Waals surface area (Å²) in [6.45, 7) is 14.2. The van der Waals surface area contributed by atoms with E-state index in [1.54, 1.807) is 0 Å². The molecule has 0 fully saturated rings. The van der Waals surface area contributed by atoms with Crippen LogP contribution >= 0.6 is 15.6 Å². The third kappa shape index (κ3) is 69.2. The summed E-state index contributed by atoms with van der Waals surface area (Å²) >= 11 is 0. The number of hydrogen-bond donors (Lipinski definition) is 3. The molecule has 3 N–H and O–H groups in total. The highest BCUT2D eigenvalue weighted by Gasteiger charge is 2.30. The number of rotatable bonds is 74. The molecule has 0 saturated heterocycles. The fraction of sp³-hybridized carbons (Fsp3) is 0.948. The van der Waals surface area contributed by atoms with Crippen molar-refractivity contribution >= 4 is 39.5 Å². The monoisotopic (exact) mass is 1410 g/mol. The maximum atomic E-state index is 13.1. The lowest BCUT2D eigenvalue weighted by atomic mass is 9.99. The van der Waals surface area contributed by atoms with Gasteiger partial charge in [0.1, 0.15) is 19.3 Å². The van der Waals surface area contributed by atoms with E-state index < -0.39 is 97.5 Å². The van der Waals surface area contributed by atoms with Crippen molar-refractivity contribution in [2.45, 2.75) is 408 Å². The number of esters is 4. The molecule has 0 aliphatic carbocycles. The molecule has 0 aromatic heterocycles. The van der Waals surface area contributed by atoms with Crippen LogP contribution < -0.4 is 0 Å². The molecular formula is C77H150O17P2. The average molecular weight is 1410 g/mol. The first kappa shape index (κ1) is 94.1. The number of carbonyl (C=O) groups is 4. The second-order valence-electron chi connectivity index (χ2n) is 29.4. The molecule has 0 aromatic carbocycles. The van der Waals surface area contributed by atoms with Crippen LogP contribution in [0.4, 0.5) is 0 Å². The highest BCUT2D eigenvalue weighted by Crippen LogP contribution is 2.45. The molecule has 0 radical (unpaired) electrons. The number of ether oxygens (including phenoxy) is 4. The minimum atomic E-state index is -4.96. The number of unbranched alkanes of at least 4 members (excludes halogenated alkanes) is 39. The lowest BCUT2D eigenvalue weighted by molar-refractivity contribution is -0.161. The van der Waals surface area contributed by atoms with Crippen molar-refractivity contribution in [3.8, 4) is 0 Å². The quantitative estimate of drug-likeness (QED) is 0.0222. The lowest BCUT2D eigenvalue weighted by Crippen LogP contribution is -2.30. The first-order valence-corrected chi connectivity index (χ1v) is 42.7. The summed E-state index contributed by atoms with van der Waals surface area (Å²) in [6.07, 6.45) is 51.6. The van der Waals surface area contributed by atoms with Crippen LogP contribution in [0, 0.1) is 23.7 Å². The van der Waals surface area contributed by atoms with Crippen LogP contribution in [0.1, 0.15) is 389 Å². The van der Waals surface area contributed by atoms with E-state index in [0.29, 0.717) is 31.6 Å². The molecule has 6 atom stereocenters. The van der Waals surface area contributed by atoms with Crippen molar-refractivity contribution in [1.82, 2.24) is 0 Å². The number of phosphoric acid groups is 2. The molecular weight excluding hydrogens is 1260 g/mol. The smallest absolute Gasteiger partial charge is 0.462 e. The molecule has 19 heteroatoms. The second-order valence-corrected chi connectivity index (χ2v) is 32.3. The van der Waals surface area contributed by atoms with E-state index in [0.717, 1.165) is 114 Å². The Morgan fingerprint density at radius 1 is 0.292 bits per heavy atom. The molecule has 3 unspecified atom stereocenters. The van der Waals surface area contributed by atoms with E-state index in [9.17, 15) is 43.2 Å². The summed E-state index contributed by atoms with van der Waals surface area (Å²) in [7, 11) is -9.91. The molecule has 0 amide bonds. The summed E-state index contributed by atoms with van der Waals surface area (Å²) in [6, 6.07) is 0. The number of aliphatic hydroxyl groups excluding tert-OH is 1. The van der Waals surface area contributed by atoms with Gasteiger partial charge in [-0.25, -0.2) is 9.13 Å². The van der Waals surface area contributed by atoms with Gasteiger partial charge in [-0.05, 0) is 49.4 Å². The van der Waals surface area contributed by atoms with Gasteiger partial charge in [0, 0.05) is 25.7 Å². The Balaban J connectivity index is 5.15. The van der Waals surface area contributed by atoms with Crippen molar-refractivity contribution in [2.24, 2.45) is 23.7 Å². The molecule has 96 heavy (non-hydrogen) atoms. The summed E-state index contributed by atoms with van der Waals surface area (Å²) < 4.78 is 68.5. The van der Waals surface area contributed by atoms with Gasteiger partial charge in [0.05, 0.1) is 26.4 Å². The van der Waals surface area contributed by atoms with Gasteiger partial charge < -0.3 is 33.8 Å². The Morgan fingerprint density at radius 2 is 0.500 bits per heavy atom. The summed E-state index contributed by atoms with van der Waals surface area (Å²) in [4.78, 5) is 72.7. The van der Waals surface area contributed by atoms with E-state index in [4.69, 9.17) is 37.0 Å². The van der Waals surface area contributed by atoms with Crippen LogP contribution in [-0.4, -0.2) is 96.7 Å². The second kappa shape index (κ2) is 66.3. The molecule has 0 saturated carbocycles. The first-order chi connectivity index (χ1) is 46.1. The number of carbonyl (C=O) groups excluding carboxylic acids is 4. The zero-order valence-electron chi connectivity index (χ0n) is 63.0. The molecule has 0 aliphatic rings. The van der Waals surface area contributed by atoms with Crippen LogP contribution in [0.2, 0.25) is 0 Å². The largest absolute Gasteiger partial charge is 0.472 e. The Morgan fingerprint density at radius 3 is 0.740 bits per heavy atom. The molecule has 17 nitrogen and oxygen atoms in total. The van der Waals surface area contributed by atoms with Crippen LogP contribution in [-0.2, 0) is 65.4 Å². The van der Waals surface area contributed by atoms with Crippen LogP contribution in [0.3, 0.4) is 0 Å². The van der Waals surface area contributed by atoms with E-state index >= 15 is 0 Å². The Labute approximate surface area is 588 Å². The molecule has 0 aromatic rings. The Bertz CT molecular complexity index is 1890. The van der Waals surface area contributed by atoms with Crippen LogP contribution in [0.15, 0.2) is 0 Å². The van der Waals surface area contributed by atoms with Gasteiger partial charge in [-0.1, -0.05) is 338 Å². The minimum absolute atomic E-state index is 0.104. The maximum Gasteiger partial charge on any atom is 0.472 e. The van der Waals surface area contributed by atoms with E-state index in [1.165, 1.54) is 186 Å². The van der Waals surface area contributed by atoms with Crippen molar-refractivity contribution in [2.75, 3.05) is 39.6 Å². The van der Waals surface area contributed by atoms with Crippen molar-refractivity contribution in [3.05, 3.63) is 0 Å². The highest BCUT2D eigenvalue weighted by molar-refractivity contribution is 7.47. The van der Waals surface area contributed by atoms with Gasteiger partial charge in [-0.15, -0.1) is 0 Å². The fourth-order valence-electron chi connectivity index (χ4n) is 11.7. The molecule has 0 heterocycles. The predicted molar refractivity (Wildman–Crippen MR) is 391 cm³/mol. The average Bonchev–Trinajstić information content (AvgIpc) is 1.43. The molecule has 0 bridgehead atoms.